The van der Waals surface area contributed by atoms with Gasteiger partial charge in [0.15, 0.2) is 21.3 Å². The van der Waals surface area contributed by atoms with Gasteiger partial charge in [0.2, 0.25) is 5.91 Å². The number of amides is 1. The molecule has 3 rings (SSSR count). The molecule has 2 aromatic rings. The largest absolute Gasteiger partial charge is 0.486 e. The van der Waals surface area contributed by atoms with Crippen molar-refractivity contribution in [3.05, 3.63) is 48.3 Å². The van der Waals surface area contributed by atoms with Gasteiger partial charge >= 0.3 is 0 Å². The number of hydrogen-bond acceptors (Lipinski definition) is 6. The maximum absolute atomic E-state index is 13.3. The van der Waals surface area contributed by atoms with E-state index in [-0.39, 0.29) is 29.6 Å². The number of carbonyl (C=O) groups is 1. The predicted molar refractivity (Wildman–Crippen MR) is 99.9 cm³/mol. The summed E-state index contributed by atoms with van der Waals surface area (Å²) in [6, 6.07) is 7.83. The van der Waals surface area contributed by atoms with E-state index in [9.17, 15) is 13.2 Å². The molecule has 1 aliphatic rings. The highest BCUT2D eigenvalue weighted by Gasteiger charge is 2.31. The highest BCUT2D eigenvalue weighted by Crippen LogP contribution is 2.36. The first kappa shape index (κ1) is 19.4. The second kappa shape index (κ2) is 8.58. The fourth-order valence-electron chi connectivity index (χ4n) is 2.72. The monoisotopic (exact) mass is 410 g/mol. The molecule has 1 aliphatic heterocycles. The fraction of sp³-hybridized carbons (Fsp3) is 0.333. The maximum Gasteiger partial charge on any atom is 0.221 e. The molecule has 0 saturated carbocycles. The smallest absolute Gasteiger partial charge is 0.221 e. The van der Waals surface area contributed by atoms with Crippen molar-refractivity contribution in [2.24, 2.45) is 0 Å². The summed E-state index contributed by atoms with van der Waals surface area (Å²) in [6.45, 7) is 0.694. The Kier molecular flexibility index (Phi) is 6.18. The Morgan fingerprint density at radius 2 is 2.00 bits per heavy atom. The molecule has 0 radical (unpaired) electrons. The van der Waals surface area contributed by atoms with Crippen molar-refractivity contribution in [2.45, 2.75) is 16.6 Å². The molecule has 144 valence electrons. The molecule has 2 heterocycles. The lowest BCUT2D eigenvalue weighted by Gasteiger charge is -2.21. The minimum Gasteiger partial charge on any atom is -0.486 e. The number of ether oxygens (including phenoxy) is 2. The first-order valence-electron chi connectivity index (χ1n) is 8.38. The zero-order chi connectivity index (χ0) is 19.3. The normalized spacial score (nSPS) is 14.4. The highest BCUT2D eigenvalue weighted by molar-refractivity contribution is 7.91. The number of pyridine rings is 1. The van der Waals surface area contributed by atoms with E-state index in [4.69, 9.17) is 21.1 Å². The molecule has 1 aromatic carbocycles. The third kappa shape index (κ3) is 4.51. The molecule has 1 atom stereocenters. The molecule has 0 aliphatic carbocycles. The van der Waals surface area contributed by atoms with Crippen LogP contribution in [0, 0.1) is 0 Å². The minimum atomic E-state index is -3.82. The van der Waals surface area contributed by atoms with Crippen molar-refractivity contribution in [1.29, 1.82) is 0 Å². The summed E-state index contributed by atoms with van der Waals surface area (Å²) < 4.78 is 37.5. The van der Waals surface area contributed by atoms with Crippen LogP contribution < -0.4 is 14.8 Å². The van der Waals surface area contributed by atoms with Gasteiger partial charge in [-0.1, -0.05) is 6.07 Å². The van der Waals surface area contributed by atoms with E-state index in [2.05, 4.69) is 10.3 Å². The Balaban J connectivity index is 1.93. The Bertz CT molecular complexity index is 905. The first-order chi connectivity index (χ1) is 13.0. The van der Waals surface area contributed by atoms with Gasteiger partial charge in [-0.25, -0.2) is 8.42 Å². The highest BCUT2D eigenvalue weighted by atomic mass is 35.5. The summed E-state index contributed by atoms with van der Waals surface area (Å²) in [4.78, 5) is 15.9. The SMILES string of the molecule is O=C(CCCl)NC[C@H](c1cccnc1)S(=O)(=O)c1ccc2c(c1)OCCO2. The molecule has 1 amide bonds. The van der Waals surface area contributed by atoms with Crippen LogP contribution in [0.5, 0.6) is 11.5 Å². The molecule has 1 N–H and O–H groups in total. The zero-order valence-electron chi connectivity index (χ0n) is 14.4. The van der Waals surface area contributed by atoms with Crippen LogP contribution in [-0.4, -0.2) is 44.9 Å². The van der Waals surface area contributed by atoms with Gasteiger partial charge in [0, 0.05) is 37.3 Å². The van der Waals surface area contributed by atoms with Gasteiger partial charge in [0.25, 0.3) is 0 Å². The van der Waals surface area contributed by atoms with Crippen molar-refractivity contribution >= 4 is 27.3 Å². The molecule has 0 unspecified atom stereocenters. The van der Waals surface area contributed by atoms with Crippen LogP contribution in [0.2, 0.25) is 0 Å². The molecule has 0 spiro atoms. The first-order valence-corrected chi connectivity index (χ1v) is 10.5. The number of rotatable bonds is 7. The minimum absolute atomic E-state index is 0.0851. The fourth-order valence-corrected chi connectivity index (χ4v) is 4.55. The quantitative estimate of drug-likeness (QED) is 0.702. The number of carbonyl (C=O) groups excluding carboxylic acids is 1. The average Bonchev–Trinajstić information content (AvgIpc) is 2.68. The van der Waals surface area contributed by atoms with E-state index in [0.717, 1.165) is 0 Å². The van der Waals surface area contributed by atoms with Gasteiger partial charge in [0.05, 0.1) is 4.90 Å². The Morgan fingerprint density at radius 1 is 1.22 bits per heavy atom. The Labute approximate surface area is 162 Å². The van der Waals surface area contributed by atoms with Gasteiger partial charge in [-0.2, -0.15) is 0 Å². The van der Waals surface area contributed by atoms with Gasteiger partial charge in [0.1, 0.15) is 18.5 Å². The number of nitrogens with zero attached hydrogens (tertiary/aromatic N) is 1. The molecule has 27 heavy (non-hydrogen) atoms. The van der Waals surface area contributed by atoms with Crippen LogP contribution in [0.15, 0.2) is 47.6 Å². The molecular weight excluding hydrogens is 392 g/mol. The van der Waals surface area contributed by atoms with E-state index in [1.54, 1.807) is 24.4 Å². The van der Waals surface area contributed by atoms with Gasteiger partial charge in [-0.3, -0.25) is 9.78 Å². The summed E-state index contributed by atoms with van der Waals surface area (Å²) in [5, 5.41) is 1.64. The predicted octanol–water partition coefficient (Wildman–Crippen LogP) is 2.11. The summed E-state index contributed by atoms with van der Waals surface area (Å²) in [7, 11) is -3.82. The number of hydrogen-bond donors (Lipinski definition) is 1. The molecule has 1 aromatic heterocycles. The number of alkyl halides is 1. The lowest BCUT2D eigenvalue weighted by atomic mass is 10.2. The van der Waals surface area contributed by atoms with Gasteiger partial charge in [-0.05, 0) is 23.8 Å². The molecule has 9 heteroatoms. The summed E-state index contributed by atoms with van der Waals surface area (Å²) in [5.41, 5.74) is 0.485. The van der Waals surface area contributed by atoms with Gasteiger partial charge < -0.3 is 14.8 Å². The second-order valence-electron chi connectivity index (χ2n) is 5.87. The van der Waals surface area contributed by atoms with Crippen molar-refractivity contribution in [3.8, 4) is 11.5 Å². The van der Waals surface area contributed by atoms with Crippen molar-refractivity contribution < 1.29 is 22.7 Å². The van der Waals surface area contributed by atoms with Crippen LogP contribution in [-0.2, 0) is 14.6 Å². The molecule has 0 bridgehead atoms. The van der Waals surface area contributed by atoms with E-state index >= 15 is 0 Å². The Morgan fingerprint density at radius 3 is 2.70 bits per heavy atom. The number of aromatic nitrogens is 1. The number of benzene rings is 1. The van der Waals surface area contributed by atoms with Crippen LogP contribution in [0.25, 0.3) is 0 Å². The molecular formula is C18H19ClN2O5S. The maximum atomic E-state index is 13.3. The van der Waals surface area contributed by atoms with Crippen LogP contribution in [0.3, 0.4) is 0 Å². The second-order valence-corrected chi connectivity index (χ2v) is 8.38. The van der Waals surface area contributed by atoms with Crippen molar-refractivity contribution in [2.75, 3.05) is 25.6 Å². The third-order valence-corrected chi connectivity index (χ3v) is 6.37. The van der Waals surface area contributed by atoms with Crippen molar-refractivity contribution in [3.63, 3.8) is 0 Å². The third-order valence-electron chi connectivity index (χ3n) is 4.08. The molecule has 0 saturated heterocycles. The number of nitrogens with one attached hydrogen (secondary N) is 1. The number of halogens is 1. The van der Waals surface area contributed by atoms with E-state index in [1.807, 2.05) is 0 Å². The molecule has 0 fully saturated rings. The summed E-state index contributed by atoms with van der Waals surface area (Å²) in [6.07, 6.45) is 3.16. The van der Waals surface area contributed by atoms with Crippen LogP contribution in [0.1, 0.15) is 17.2 Å². The van der Waals surface area contributed by atoms with Crippen LogP contribution >= 0.6 is 11.6 Å². The van der Waals surface area contributed by atoms with E-state index < -0.39 is 15.1 Å². The van der Waals surface area contributed by atoms with Gasteiger partial charge in [-0.15, -0.1) is 11.6 Å². The number of sulfone groups is 1. The molecule has 7 nitrogen and oxygen atoms in total. The number of fused-ring (bicyclic) bond motifs is 1. The average molecular weight is 411 g/mol. The lowest BCUT2D eigenvalue weighted by molar-refractivity contribution is -0.120. The van der Waals surface area contributed by atoms with Crippen LogP contribution in [0.4, 0.5) is 0 Å². The summed E-state index contributed by atoms with van der Waals surface area (Å²) >= 11 is 5.57. The van der Waals surface area contributed by atoms with E-state index in [1.165, 1.54) is 18.3 Å². The Hall–Kier alpha value is -2.32. The summed E-state index contributed by atoms with van der Waals surface area (Å²) in [5.74, 6) is 0.751. The topological polar surface area (TPSA) is 94.6 Å². The van der Waals surface area contributed by atoms with Crippen molar-refractivity contribution in [1.82, 2.24) is 10.3 Å². The van der Waals surface area contributed by atoms with E-state index in [0.29, 0.717) is 30.3 Å². The standard InChI is InChI=1S/C18H19ClN2O5S/c19-6-5-18(22)21-12-17(13-2-1-7-20-11-13)27(23,24)14-3-4-15-16(10-14)26-9-8-25-15/h1-4,7,10-11,17H,5-6,8-9,12H2,(H,21,22)/t17-/m1/s1. The zero-order valence-corrected chi connectivity index (χ0v) is 16.0. The lowest BCUT2D eigenvalue weighted by Crippen LogP contribution is -2.32.